The molecule has 5 nitrogen and oxygen atoms in total. The molecule has 20 heavy (non-hydrogen) atoms. The van der Waals surface area contributed by atoms with E-state index >= 15 is 0 Å². The van der Waals surface area contributed by atoms with E-state index in [1.54, 1.807) is 0 Å². The number of hydrogen-bond acceptors (Lipinski definition) is 5. The molecule has 104 valence electrons. The second-order valence-electron chi connectivity index (χ2n) is 4.38. The maximum atomic E-state index is 5.91. The van der Waals surface area contributed by atoms with E-state index in [4.69, 9.17) is 20.9 Å². The molecule has 0 bridgehead atoms. The SMILES string of the molecule is CON=Cc1onc2c1CCOC2c1ccc(Cl)cc1. The van der Waals surface area contributed by atoms with Gasteiger partial charge in [0.05, 0.1) is 6.61 Å². The molecule has 0 saturated carbocycles. The average molecular weight is 293 g/mol. The van der Waals surface area contributed by atoms with E-state index in [2.05, 4.69) is 15.1 Å². The van der Waals surface area contributed by atoms with Gasteiger partial charge in [-0.3, -0.25) is 0 Å². The van der Waals surface area contributed by atoms with Crippen molar-refractivity contribution >= 4 is 17.8 Å². The number of nitrogens with zero attached hydrogens (tertiary/aromatic N) is 2. The minimum absolute atomic E-state index is 0.232. The average Bonchev–Trinajstić information content (AvgIpc) is 2.89. The molecular formula is C14H13ClN2O3. The molecule has 1 aromatic carbocycles. The zero-order valence-corrected chi connectivity index (χ0v) is 11.6. The van der Waals surface area contributed by atoms with Gasteiger partial charge in [0, 0.05) is 17.0 Å². The molecule has 1 atom stereocenters. The van der Waals surface area contributed by atoms with Gasteiger partial charge in [0.25, 0.3) is 0 Å². The van der Waals surface area contributed by atoms with Crippen LogP contribution in [0.1, 0.15) is 28.7 Å². The summed E-state index contributed by atoms with van der Waals surface area (Å²) in [6, 6.07) is 7.53. The molecule has 0 spiro atoms. The molecule has 0 fully saturated rings. The molecule has 2 aromatic rings. The van der Waals surface area contributed by atoms with Gasteiger partial charge in [-0.25, -0.2) is 0 Å². The predicted octanol–water partition coefficient (Wildman–Crippen LogP) is 2.97. The van der Waals surface area contributed by atoms with E-state index in [9.17, 15) is 0 Å². The molecule has 1 aliphatic rings. The summed E-state index contributed by atoms with van der Waals surface area (Å²) >= 11 is 5.91. The molecular weight excluding hydrogens is 280 g/mol. The Balaban J connectivity index is 1.96. The quantitative estimate of drug-likeness (QED) is 0.644. The van der Waals surface area contributed by atoms with Crippen LogP contribution in [0.15, 0.2) is 33.9 Å². The Morgan fingerprint density at radius 2 is 2.20 bits per heavy atom. The lowest BCUT2D eigenvalue weighted by Crippen LogP contribution is -2.17. The third-order valence-electron chi connectivity index (χ3n) is 3.18. The Labute approximate surface area is 121 Å². The largest absolute Gasteiger partial charge is 0.399 e. The molecule has 3 rings (SSSR count). The van der Waals surface area contributed by atoms with Crippen LogP contribution in [0.25, 0.3) is 0 Å². The van der Waals surface area contributed by atoms with Crippen molar-refractivity contribution in [2.75, 3.05) is 13.7 Å². The molecule has 0 aliphatic carbocycles. The van der Waals surface area contributed by atoms with Crippen molar-refractivity contribution < 1.29 is 14.1 Å². The molecule has 1 unspecified atom stereocenters. The van der Waals surface area contributed by atoms with Gasteiger partial charge in [-0.05, 0) is 17.7 Å². The first-order chi connectivity index (χ1) is 9.79. The van der Waals surface area contributed by atoms with Crippen molar-refractivity contribution in [2.24, 2.45) is 5.16 Å². The third kappa shape index (κ3) is 2.42. The van der Waals surface area contributed by atoms with E-state index in [-0.39, 0.29) is 6.10 Å². The number of aromatic nitrogens is 1. The smallest absolute Gasteiger partial charge is 0.184 e. The Morgan fingerprint density at radius 3 is 2.95 bits per heavy atom. The second-order valence-corrected chi connectivity index (χ2v) is 4.82. The van der Waals surface area contributed by atoms with Gasteiger partial charge in [-0.15, -0.1) is 0 Å². The highest BCUT2D eigenvalue weighted by Gasteiger charge is 2.29. The van der Waals surface area contributed by atoms with Crippen LogP contribution >= 0.6 is 11.6 Å². The molecule has 1 aliphatic heterocycles. The first-order valence-electron chi connectivity index (χ1n) is 6.21. The van der Waals surface area contributed by atoms with Crippen LogP contribution in [0.4, 0.5) is 0 Å². The number of ether oxygens (including phenoxy) is 1. The number of halogens is 1. The van der Waals surface area contributed by atoms with E-state index in [1.807, 2.05) is 24.3 Å². The molecule has 0 N–H and O–H groups in total. The monoisotopic (exact) mass is 292 g/mol. The Hall–Kier alpha value is -1.85. The number of benzene rings is 1. The lowest BCUT2D eigenvalue weighted by molar-refractivity contribution is 0.0657. The minimum Gasteiger partial charge on any atom is -0.399 e. The summed E-state index contributed by atoms with van der Waals surface area (Å²) in [5.41, 5.74) is 2.80. The summed E-state index contributed by atoms with van der Waals surface area (Å²) in [7, 11) is 1.49. The van der Waals surface area contributed by atoms with Crippen molar-refractivity contribution in [3.63, 3.8) is 0 Å². The Kier molecular flexibility index (Phi) is 3.71. The summed E-state index contributed by atoms with van der Waals surface area (Å²) in [5.74, 6) is 0.615. The number of hydrogen-bond donors (Lipinski definition) is 0. The number of fused-ring (bicyclic) bond motifs is 1. The zero-order chi connectivity index (χ0) is 13.9. The fraction of sp³-hybridized carbons (Fsp3) is 0.286. The van der Waals surface area contributed by atoms with Crippen LogP contribution in [0.3, 0.4) is 0 Å². The van der Waals surface area contributed by atoms with Gasteiger partial charge in [-0.2, -0.15) is 0 Å². The lowest BCUT2D eigenvalue weighted by atomic mass is 9.98. The lowest BCUT2D eigenvalue weighted by Gasteiger charge is -2.21. The van der Waals surface area contributed by atoms with Crippen molar-refractivity contribution in [1.82, 2.24) is 5.16 Å². The topological polar surface area (TPSA) is 56.9 Å². The Bertz CT molecular complexity index is 622. The summed E-state index contributed by atoms with van der Waals surface area (Å²) in [6.45, 7) is 0.606. The summed E-state index contributed by atoms with van der Waals surface area (Å²) in [5, 5.41) is 8.52. The van der Waals surface area contributed by atoms with Gasteiger partial charge in [-0.1, -0.05) is 34.0 Å². The van der Waals surface area contributed by atoms with Gasteiger partial charge in [0.1, 0.15) is 25.1 Å². The van der Waals surface area contributed by atoms with E-state index in [0.29, 0.717) is 17.4 Å². The number of rotatable bonds is 3. The van der Waals surface area contributed by atoms with Crippen molar-refractivity contribution in [1.29, 1.82) is 0 Å². The first-order valence-corrected chi connectivity index (χ1v) is 6.59. The van der Waals surface area contributed by atoms with E-state index in [1.165, 1.54) is 13.3 Å². The highest BCUT2D eigenvalue weighted by molar-refractivity contribution is 6.30. The molecule has 2 heterocycles. The molecule has 6 heteroatoms. The summed E-state index contributed by atoms with van der Waals surface area (Å²) in [6.07, 6.45) is 2.04. The minimum atomic E-state index is -0.232. The van der Waals surface area contributed by atoms with Crippen LogP contribution in [0, 0.1) is 0 Å². The number of oxime groups is 1. The summed E-state index contributed by atoms with van der Waals surface area (Å²) in [4.78, 5) is 4.67. The first kappa shape index (κ1) is 13.1. The third-order valence-corrected chi connectivity index (χ3v) is 3.43. The maximum absolute atomic E-state index is 5.91. The standard InChI is InChI=1S/C14H13ClN2O3/c1-18-16-8-12-11-6-7-19-14(13(11)17-20-12)9-2-4-10(15)5-3-9/h2-5,8,14H,6-7H2,1H3. The van der Waals surface area contributed by atoms with Crippen molar-refractivity contribution in [3.8, 4) is 0 Å². The van der Waals surface area contributed by atoms with Gasteiger partial charge in [0.2, 0.25) is 0 Å². The van der Waals surface area contributed by atoms with Crippen LogP contribution in [-0.2, 0) is 16.0 Å². The maximum Gasteiger partial charge on any atom is 0.184 e. The van der Waals surface area contributed by atoms with Crippen molar-refractivity contribution in [2.45, 2.75) is 12.5 Å². The molecule has 0 saturated heterocycles. The molecule has 1 aromatic heterocycles. The highest BCUT2D eigenvalue weighted by Crippen LogP contribution is 2.33. The van der Waals surface area contributed by atoms with Crippen molar-refractivity contribution in [3.05, 3.63) is 51.9 Å². The van der Waals surface area contributed by atoms with Crippen LogP contribution in [0.5, 0.6) is 0 Å². The Morgan fingerprint density at radius 1 is 1.40 bits per heavy atom. The van der Waals surface area contributed by atoms with E-state index in [0.717, 1.165) is 23.2 Å². The predicted molar refractivity (Wildman–Crippen MR) is 74.1 cm³/mol. The van der Waals surface area contributed by atoms with Crippen LogP contribution in [0.2, 0.25) is 5.02 Å². The second kappa shape index (κ2) is 5.64. The van der Waals surface area contributed by atoms with Crippen LogP contribution < -0.4 is 0 Å². The molecule has 0 amide bonds. The summed E-state index contributed by atoms with van der Waals surface area (Å²) < 4.78 is 11.1. The van der Waals surface area contributed by atoms with Crippen LogP contribution in [-0.4, -0.2) is 25.1 Å². The van der Waals surface area contributed by atoms with E-state index < -0.39 is 0 Å². The normalized spacial score (nSPS) is 18.2. The van der Waals surface area contributed by atoms with Gasteiger partial charge >= 0.3 is 0 Å². The molecule has 0 radical (unpaired) electrons. The fourth-order valence-corrected chi connectivity index (χ4v) is 2.37. The fourth-order valence-electron chi connectivity index (χ4n) is 2.24. The van der Waals surface area contributed by atoms with Gasteiger partial charge < -0.3 is 14.1 Å². The zero-order valence-electron chi connectivity index (χ0n) is 10.9. The van der Waals surface area contributed by atoms with Gasteiger partial charge in [0.15, 0.2) is 5.76 Å². The highest BCUT2D eigenvalue weighted by atomic mass is 35.5.